The highest BCUT2D eigenvalue weighted by molar-refractivity contribution is 9.10. The minimum absolute atomic E-state index is 0.0971. The fraction of sp³-hybridized carbons (Fsp3) is 0.292. The van der Waals surface area contributed by atoms with Crippen molar-refractivity contribution in [2.45, 2.75) is 20.0 Å². The van der Waals surface area contributed by atoms with Crippen molar-refractivity contribution < 1.29 is 4.79 Å². The van der Waals surface area contributed by atoms with Crippen LogP contribution in [-0.2, 0) is 17.9 Å². The fourth-order valence-corrected chi connectivity index (χ4v) is 5.51. The fourth-order valence-electron chi connectivity index (χ4n) is 4.31. The Morgan fingerprint density at radius 3 is 2.72 bits per heavy atom. The third-order valence-electron chi connectivity index (χ3n) is 5.90. The van der Waals surface area contributed by atoms with Crippen LogP contribution in [0.2, 0.25) is 0 Å². The minimum atomic E-state index is 0.0971. The molecule has 0 atom stereocenters. The molecule has 0 spiro atoms. The zero-order valence-corrected chi connectivity index (χ0v) is 20.3. The number of carbonyl (C=O) groups excluding carboxylic acids is 1. The van der Waals surface area contributed by atoms with E-state index in [4.69, 9.17) is 0 Å². The van der Waals surface area contributed by atoms with E-state index < -0.39 is 0 Å². The van der Waals surface area contributed by atoms with E-state index in [9.17, 15) is 4.79 Å². The minimum Gasteiger partial charge on any atom is -0.339 e. The molecule has 3 aromatic heterocycles. The van der Waals surface area contributed by atoms with Crippen LogP contribution in [-0.4, -0.2) is 56.7 Å². The molecule has 8 heteroatoms. The monoisotopic (exact) mass is 509 g/mol. The first-order chi connectivity index (χ1) is 15.6. The Kier molecular flexibility index (Phi) is 6.08. The molecule has 0 radical (unpaired) electrons. The molecule has 32 heavy (non-hydrogen) atoms. The van der Waals surface area contributed by atoms with Crippen molar-refractivity contribution in [2.24, 2.45) is 0 Å². The van der Waals surface area contributed by atoms with E-state index in [1.807, 2.05) is 30.0 Å². The summed E-state index contributed by atoms with van der Waals surface area (Å²) in [7, 11) is 0. The molecule has 0 bridgehead atoms. The lowest BCUT2D eigenvalue weighted by Crippen LogP contribution is -2.49. The van der Waals surface area contributed by atoms with Gasteiger partial charge in [0.1, 0.15) is 6.54 Å². The summed E-state index contributed by atoms with van der Waals surface area (Å²) in [5.41, 5.74) is 4.09. The van der Waals surface area contributed by atoms with Gasteiger partial charge in [-0.1, -0.05) is 34.1 Å². The normalized spacial score (nSPS) is 14.9. The van der Waals surface area contributed by atoms with E-state index >= 15 is 0 Å². The van der Waals surface area contributed by atoms with Crippen molar-refractivity contribution in [3.63, 3.8) is 0 Å². The first-order valence-electron chi connectivity index (χ1n) is 10.7. The van der Waals surface area contributed by atoms with Crippen LogP contribution in [0.15, 0.2) is 58.5 Å². The van der Waals surface area contributed by atoms with Gasteiger partial charge in [-0.2, -0.15) is 5.10 Å². The Hall–Kier alpha value is -2.55. The van der Waals surface area contributed by atoms with Crippen molar-refractivity contribution >= 4 is 44.2 Å². The van der Waals surface area contributed by atoms with Crippen molar-refractivity contribution in [2.75, 3.05) is 26.2 Å². The molecule has 0 aliphatic carbocycles. The topological polar surface area (TPSA) is 54.3 Å². The van der Waals surface area contributed by atoms with E-state index in [0.29, 0.717) is 0 Å². The van der Waals surface area contributed by atoms with Gasteiger partial charge in [0, 0.05) is 53.8 Å². The molecule has 6 nitrogen and oxygen atoms in total. The Morgan fingerprint density at radius 1 is 1.12 bits per heavy atom. The summed E-state index contributed by atoms with van der Waals surface area (Å²) in [6, 6.07) is 14.6. The quantitative estimate of drug-likeness (QED) is 0.395. The number of pyridine rings is 1. The molecule has 1 aliphatic heterocycles. The number of halogens is 1. The number of piperazine rings is 1. The molecular weight excluding hydrogens is 486 g/mol. The van der Waals surface area contributed by atoms with Gasteiger partial charge in [-0.05, 0) is 42.1 Å². The number of hydrogen-bond acceptors (Lipinski definition) is 5. The van der Waals surface area contributed by atoms with Gasteiger partial charge in [-0.15, -0.1) is 11.3 Å². The SMILES string of the molecule is Cc1nn(CC(=O)N2CCN(Cc3cccc(Br)c3)CC2)c2nccc(-c3cccs3)c12. The summed E-state index contributed by atoms with van der Waals surface area (Å²) in [4.78, 5) is 23.1. The highest BCUT2D eigenvalue weighted by Crippen LogP contribution is 2.32. The first kappa shape index (κ1) is 21.3. The summed E-state index contributed by atoms with van der Waals surface area (Å²) in [5.74, 6) is 0.0971. The summed E-state index contributed by atoms with van der Waals surface area (Å²) >= 11 is 5.24. The second-order valence-electron chi connectivity index (χ2n) is 8.06. The summed E-state index contributed by atoms with van der Waals surface area (Å²) < 4.78 is 2.86. The summed E-state index contributed by atoms with van der Waals surface area (Å²) in [6.07, 6.45) is 1.81. The van der Waals surface area contributed by atoms with Gasteiger partial charge in [0.2, 0.25) is 5.91 Å². The van der Waals surface area contributed by atoms with Gasteiger partial charge in [0.25, 0.3) is 0 Å². The second-order valence-corrected chi connectivity index (χ2v) is 9.93. The summed E-state index contributed by atoms with van der Waals surface area (Å²) in [5, 5.41) is 7.77. The van der Waals surface area contributed by atoms with Gasteiger partial charge in [0.15, 0.2) is 5.65 Å². The molecule has 1 fully saturated rings. The van der Waals surface area contributed by atoms with Crippen molar-refractivity contribution in [1.82, 2.24) is 24.6 Å². The lowest BCUT2D eigenvalue weighted by atomic mass is 10.1. The number of aryl methyl sites for hydroxylation is 1. The number of nitrogens with zero attached hydrogens (tertiary/aromatic N) is 5. The van der Waals surface area contributed by atoms with Crippen LogP contribution >= 0.6 is 27.3 Å². The third kappa shape index (κ3) is 4.35. The van der Waals surface area contributed by atoms with E-state index in [-0.39, 0.29) is 12.5 Å². The van der Waals surface area contributed by atoms with E-state index in [0.717, 1.165) is 59.5 Å². The number of carbonyl (C=O) groups is 1. The molecule has 4 heterocycles. The Balaban J connectivity index is 1.26. The Morgan fingerprint density at radius 2 is 1.97 bits per heavy atom. The maximum Gasteiger partial charge on any atom is 0.244 e. The molecule has 0 N–H and O–H groups in total. The number of fused-ring (bicyclic) bond motifs is 1. The number of rotatable bonds is 5. The molecule has 1 saturated heterocycles. The van der Waals surface area contributed by atoms with Crippen LogP contribution in [0.1, 0.15) is 11.3 Å². The van der Waals surface area contributed by atoms with E-state index in [1.165, 1.54) is 10.4 Å². The Bertz CT molecular complexity index is 1240. The predicted octanol–water partition coefficient (Wildman–Crippen LogP) is 4.58. The number of aromatic nitrogens is 3. The zero-order chi connectivity index (χ0) is 22.1. The molecule has 0 unspecified atom stereocenters. The Labute approximate surface area is 199 Å². The number of benzene rings is 1. The number of thiophene rings is 1. The van der Waals surface area contributed by atoms with Crippen molar-refractivity contribution in [1.29, 1.82) is 0 Å². The molecule has 5 rings (SSSR count). The average Bonchev–Trinajstić information content (AvgIpc) is 3.43. The van der Waals surface area contributed by atoms with Gasteiger partial charge >= 0.3 is 0 Å². The molecule has 0 saturated carbocycles. The first-order valence-corrected chi connectivity index (χ1v) is 12.4. The predicted molar refractivity (Wildman–Crippen MR) is 132 cm³/mol. The molecule has 1 amide bonds. The van der Waals surface area contributed by atoms with Crippen LogP contribution in [0.4, 0.5) is 0 Å². The van der Waals surface area contributed by atoms with Gasteiger partial charge in [-0.3, -0.25) is 9.69 Å². The lowest BCUT2D eigenvalue weighted by Gasteiger charge is -2.34. The molecule has 1 aliphatic rings. The van der Waals surface area contributed by atoms with Crippen molar-refractivity contribution in [3.8, 4) is 10.4 Å². The molecule has 4 aromatic rings. The van der Waals surface area contributed by atoms with Crippen molar-refractivity contribution in [3.05, 3.63) is 69.8 Å². The van der Waals surface area contributed by atoms with Crippen LogP contribution in [0, 0.1) is 6.92 Å². The van der Waals surface area contributed by atoms with Crippen LogP contribution in [0.3, 0.4) is 0 Å². The van der Waals surface area contributed by atoms with Crippen LogP contribution in [0.25, 0.3) is 21.5 Å². The lowest BCUT2D eigenvalue weighted by molar-refractivity contribution is -0.133. The third-order valence-corrected chi connectivity index (χ3v) is 7.30. The molecular formula is C24H24BrN5OS. The molecule has 164 valence electrons. The van der Waals surface area contributed by atoms with Gasteiger partial charge in [0.05, 0.1) is 11.1 Å². The highest BCUT2D eigenvalue weighted by Gasteiger charge is 2.23. The molecule has 1 aromatic carbocycles. The maximum atomic E-state index is 13.1. The number of amides is 1. The maximum absolute atomic E-state index is 13.1. The van der Waals surface area contributed by atoms with Gasteiger partial charge in [-0.25, -0.2) is 9.67 Å². The van der Waals surface area contributed by atoms with Crippen LogP contribution in [0.5, 0.6) is 0 Å². The van der Waals surface area contributed by atoms with Crippen LogP contribution < -0.4 is 0 Å². The highest BCUT2D eigenvalue weighted by atomic mass is 79.9. The standard InChI is InChI=1S/C24H24BrN5OS/c1-17-23-20(21-6-3-13-32-21)7-8-26-24(23)30(27-17)16-22(31)29-11-9-28(10-12-29)15-18-4-2-5-19(25)14-18/h2-8,13-14H,9-12,15-16H2,1H3. The van der Waals surface area contributed by atoms with E-state index in [1.54, 1.807) is 22.2 Å². The summed E-state index contributed by atoms with van der Waals surface area (Å²) in [6.45, 7) is 6.33. The van der Waals surface area contributed by atoms with E-state index in [2.05, 4.69) is 60.6 Å². The smallest absolute Gasteiger partial charge is 0.244 e. The number of hydrogen-bond donors (Lipinski definition) is 0. The largest absolute Gasteiger partial charge is 0.339 e. The van der Waals surface area contributed by atoms with Gasteiger partial charge < -0.3 is 4.90 Å². The zero-order valence-electron chi connectivity index (χ0n) is 17.9. The average molecular weight is 510 g/mol. The second kappa shape index (κ2) is 9.13.